The molecule has 0 radical (unpaired) electrons. The van der Waals surface area contributed by atoms with Gasteiger partial charge in [0.05, 0.1) is 0 Å². The summed E-state index contributed by atoms with van der Waals surface area (Å²) in [6.07, 6.45) is 0. The highest BCUT2D eigenvalue weighted by Gasteiger charge is 2.12. The third-order valence-electron chi connectivity index (χ3n) is 2.06. The van der Waals surface area contributed by atoms with Crippen molar-refractivity contribution < 1.29 is 9.53 Å². The Morgan fingerprint density at radius 3 is 2.57 bits per heavy atom. The number of Topliss-reactive ketones (excluding diaryl/α,β-unsaturated/α-hetero) is 1. The van der Waals surface area contributed by atoms with Gasteiger partial charge in [-0.1, -0.05) is 6.07 Å². The molecule has 1 rings (SSSR count). The molecule has 0 saturated carbocycles. The number of nitrogen functional groups attached to an aromatic ring is 1. The number of benzene rings is 1. The van der Waals surface area contributed by atoms with Gasteiger partial charge >= 0.3 is 0 Å². The van der Waals surface area contributed by atoms with E-state index in [4.69, 9.17) is 10.5 Å². The van der Waals surface area contributed by atoms with E-state index >= 15 is 0 Å². The zero-order chi connectivity index (χ0) is 10.7. The van der Waals surface area contributed by atoms with Crippen LogP contribution in [0.3, 0.4) is 0 Å². The lowest BCUT2D eigenvalue weighted by atomic mass is 10.0. The van der Waals surface area contributed by atoms with E-state index in [0.717, 1.165) is 11.1 Å². The first kappa shape index (κ1) is 10.7. The fraction of sp³-hybridized carbons (Fsp3) is 0.364. The minimum Gasteiger partial charge on any atom is -0.398 e. The maximum Gasteiger partial charge on any atom is 0.190 e. The summed E-state index contributed by atoms with van der Waals surface area (Å²) in [4.78, 5) is 11.6. The average Bonchev–Trinajstić information content (AvgIpc) is 2.01. The van der Waals surface area contributed by atoms with E-state index in [-0.39, 0.29) is 12.4 Å². The van der Waals surface area contributed by atoms with Crippen molar-refractivity contribution in [2.75, 3.05) is 19.5 Å². The van der Waals surface area contributed by atoms with E-state index in [1.165, 1.54) is 7.11 Å². The molecule has 2 N–H and O–H groups in total. The van der Waals surface area contributed by atoms with E-state index in [0.29, 0.717) is 11.3 Å². The summed E-state index contributed by atoms with van der Waals surface area (Å²) in [5.74, 6) is -0.0671. The molecule has 0 heterocycles. The number of hydrogen-bond donors (Lipinski definition) is 1. The summed E-state index contributed by atoms with van der Waals surface area (Å²) in [7, 11) is 1.50. The van der Waals surface area contributed by atoms with Gasteiger partial charge in [-0.05, 0) is 31.0 Å². The standard InChI is InChI=1S/C11H15NO2/c1-7-4-8(2)11(9(12)5-7)10(13)6-14-3/h4-5H,6,12H2,1-3H3. The molecule has 0 bridgehead atoms. The summed E-state index contributed by atoms with van der Waals surface area (Å²) < 4.78 is 4.79. The Labute approximate surface area is 83.9 Å². The van der Waals surface area contributed by atoms with Crippen molar-refractivity contribution in [2.45, 2.75) is 13.8 Å². The van der Waals surface area contributed by atoms with Crippen LogP contribution in [0.5, 0.6) is 0 Å². The number of aryl methyl sites for hydroxylation is 2. The van der Waals surface area contributed by atoms with E-state index in [1.807, 2.05) is 19.9 Å². The molecule has 76 valence electrons. The summed E-state index contributed by atoms with van der Waals surface area (Å²) in [6.45, 7) is 3.91. The van der Waals surface area contributed by atoms with Crippen LogP contribution in [-0.4, -0.2) is 19.5 Å². The third-order valence-corrected chi connectivity index (χ3v) is 2.06. The maximum atomic E-state index is 11.6. The largest absolute Gasteiger partial charge is 0.398 e. The van der Waals surface area contributed by atoms with Crippen LogP contribution < -0.4 is 5.73 Å². The molecule has 0 aliphatic heterocycles. The monoisotopic (exact) mass is 193 g/mol. The number of ketones is 1. The van der Waals surface area contributed by atoms with Gasteiger partial charge in [0.2, 0.25) is 0 Å². The second-order valence-corrected chi connectivity index (χ2v) is 3.40. The number of hydrogen-bond acceptors (Lipinski definition) is 3. The highest BCUT2D eigenvalue weighted by atomic mass is 16.5. The number of carbonyl (C=O) groups excluding carboxylic acids is 1. The summed E-state index contributed by atoms with van der Waals surface area (Å²) in [5.41, 5.74) is 8.86. The summed E-state index contributed by atoms with van der Waals surface area (Å²) >= 11 is 0. The van der Waals surface area contributed by atoms with Crippen molar-refractivity contribution in [3.8, 4) is 0 Å². The normalized spacial score (nSPS) is 10.2. The highest BCUT2D eigenvalue weighted by molar-refractivity contribution is 6.03. The molecule has 0 amide bonds. The van der Waals surface area contributed by atoms with E-state index in [2.05, 4.69) is 0 Å². The number of ether oxygens (including phenoxy) is 1. The van der Waals surface area contributed by atoms with E-state index in [1.54, 1.807) is 6.07 Å². The second-order valence-electron chi connectivity index (χ2n) is 3.40. The van der Waals surface area contributed by atoms with Gasteiger partial charge in [-0.25, -0.2) is 0 Å². The molecule has 0 spiro atoms. The fourth-order valence-corrected chi connectivity index (χ4v) is 1.58. The Balaban J connectivity index is 3.14. The van der Waals surface area contributed by atoms with Crippen LogP contribution in [0.1, 0.15) is 21.5 Å². The maximum absolute atomic E-state index is 11.6. The Kier molecular flexibility index (Phi) is 3.25. The van der Waals surface area contributed by atoms with Crippen LogP contribution in [0.4, 0.5) is 5.69 Å². The molecular formula is C11H15NO2. The Morgan fingerprint density at radius 2 is 2.07 bits per heavy atom. The predicted octanol–water partition coefficient (Wildman–Crippen LogP) is 1.71. The minimum atomic E-state index is -0.0671. The Morgan fingerprint density at radius 1 is 1.43 bits per heavy atom. The molecule has 0 atom stereocenters. The van der Waals surface area contributed by atoms with Crippen LogP contribution in [-0.2, 0) is 4.74 Å². The first-order valence-electron chi connectivity index (χ1n) is 4.45. The summed E-state index contributed by atoms with van der Waals surface area (Å²) in [5, 5.41) is 0. The fourth-order valence-electron chi connectivity index (χ4n) is 1.58. The van der Waals surface area contributed by atoms with Crippen molar-refractivity contribution >= 4 is 11.5 Å². The van der Waals surface area contributed by atoms with Crippen LogP contribution in [0, 0.1) is 13.8 Å². The molecular weight excluding hydrogens is 178 g/mol. The van der Waals surface area contributed by atoms with E-state index in [9.17, 15) is 4.79 Å². The molecule has 0 fully saturated rings. The van der Waals surface area contributed by atoms with Crippen molar-refractivity contribution in [1.29, 1.82) is 0 Å². The Hall–Kier alpha value is -1.35. The van der Waals surface area contributed by atoms with E-state index < -0.39 is 0 Å². The van der Waals surface area contributed by atoms with Crippen LogP contribution >= 0.6 is 0 Å². The van der Waals surface area contributed by atoms with Crippen LogP contribution in [0.2, 0.25) is 0 Å². The number of rotatable bonds is 3. The minimum absolute atomic E-state index is 0.0671. The van der Waals surface area contributed by atoms with Crippen molar-refractivity contribution in [2.24, 2.45) is 0 Å². The molecule has 3 nitrogen and oxygen atoms in total. The number of carbonyl (C=O) groups is 1. The number of methoxy groups -OCH3 is 1. The third kappa shape index (κ3) is 2.12. The Bertz CT molecular complexity index is 335. The molecule has 0 aliphatic rings. The smallest absolute Gasteiger partial charge is 0.190 e. The first-order chi connectivity index (χ1) is 6.56. The van der Waals surface area contributed by atoms with Crippen molar-refractivity contribution in [3.05, 3.63) is 28.8 Å². The summed E-state index contributed by atoms with van der Waals surface area (Å²) in [6, 6.07) is 3.75. The van der Waals surface area contributed by atoms with Gasteiger partial charge in [-0.3, -0.25) is 4.79 Å². The topological polar surface area (TPSA) is 52.3 Å². The first-order valence-corrected chi connectivity index (χ1v) is 4.45. The zero-order valence-corrected chi connectivity index (χ0v) is 8.76. The number of anilines is 1. The molecule has 14 heavy (non-hydrogen) atoms. The molecule has 1 aromatic rings. The van der Waals surface area contributed by atoms with Crippen molar-refractivity contribution in [3.63, 3.8) is 0 Å². The quantitative estimate of drug-likeness (QED) is 0.587. The lowest BCUT2D eigenvalue weighted by molar-refractivity contribution is 0.0848. The molecule has 0 aliphatic carbocycles. The van der Waals surface area contributed by atoms with Gasteiger partial charge in [0, 0.05) is 18.4 Å². The molecule has 3 heteroatoms. The van der Waals surface area contributed by atoms with Crippen molar-refractivity contribution in [1.82, 2.24) is 0 Å². The van der Waals surface area contributed by atoms with Crippen LogP contribution in [0.25, 0.3) is 0 Å². The molecule has 0 saturated heterocycles. The molecule has 0 unspecified atom stereocenters. The van der Waals surface area contributed by atoms with Gasteiger partial charge in [-0.2, -0.15) is 0 Å². The van der Waals surface area contributed by atoms with Gasteiger partial charge in [-0.15, -0.1) is 0 Å². The lowest BCUT2D eigenvalue weighted by Crippen LogP contribution is -2.12. The SMILES string of the molecule is COCC(=O)c1c(C)cc(C)cc1N. The van der Waals surface area contributed by atoms with Crippen LogP contribution in [0.15, 0.2) is 12.1 Å². The van der Waals surface area contributed by atoms with Gasteiger partial charge in [0.1, 0.15) is 6.61 Å². The second kappa shape index (κ2) is 4.24. The zero-order valence-electron chi connectivity index (χ0n) is 8.76. The lowest BCUT2D eigenvalue weighted by Gasteiger charge is -2.09. The molecule has 1 aromatic carbocycles. The van der Waals surface area contributed by atoms with Gasteiger partial charge in [0.25, 0.3) is 0 Å². The highest BCUT2D eigenvalue weighted by Crippen LogP contribution is 2.19. The number of nitrogens with two attached hydrogens (primary N) is 1. The van der Waals surface area contributed by atoms with Gasteiger partial charge in [0.15, 0.2) is 5.78 Å². The predicted molar refractivity (Wildman–Crippen MR) is 56.5 cm³/mol. The van der Waals surface area contributed by atoms with Gasteiger partial charge < -0.3 is 10.5 Å². The molecule has 0 aromatic heterocycles. The average molecular weight is 193 g/mol.